The molecule has 0 unspecified atom stereocenters. The number of hydrogen-bond donors (Lipinski definition) is 0. The lowest BCUT2D eigenvalue weighted by Crippen LogP contribution is -2.53. The van der Waals surface area contributed by atoms with Gasteiger partial charge >= 0.3 is 6.09 Å². The molecule has 0 spiro atoms. The number of benzene rings is 1. The Morgan fingerprint density at radius 1 is 1.07 bits per heavy atom. The van der Waals surface area contributed by atoms with Crippen molar-refractivity contribution < 1.29 is 23.8 Å². The summed E-state index contributed by atoms with van der Waals surface area (Å²) in [5.41, 5.74) is 0.916. The van der Waals surface area contributed by atoms with Gasteiger partial charge in [0.25, 0.3) is 0 Å². The summed E-state index contributed by atoms with van der Waals surface area (Å²) in [6.45, 7) is 0.194. The molecule has 0 bridgehead atoms. The van der Waals surface area contributed by atoms with Crippen LogP contribution in [0, 0.1) is 0 Å². The van der Waals surface area contributed by atoms with Gasteiger partial charge in [-0.2, -0.15) is 0 Å². The molecule has 2 saturated heterocycles. The molecule has 0 aliphatic carbocycles. The summed E-state index contributed by atoms with van der Waals surface area (Å²) in [4.78, 5) is 28.9. The van der Waals surface area contributed by atoms with Gasteiger partial charge in [-0.15, -0.1) is 23.5 Å². The Kier molecular flexibility index (Phi) is 7.28. The maximum absolute atomic E-state index is 13.1. The Bertz CT molecular complexity index is 644. The van der Waals surface area contributed by atoms with Crippen LogP contribution in [0.25, 0.3) is 0 Å². The van der Waals surface area contributed by atoms with E-state index >= 15 is 0 Å². The number of carbonyl (C=O) groups excluding carboxylic acids is 2. The van der Waals surface area contributed by atoms with Crippen LogP contribution >= 0.6 is 23.5 Å². The van der Waals surface area contributed by atoms with Crippen molar-refractivity contribution >= 4 is 35.5 Å². The van der Waals surface area contributed by atoms with Crippen LogP contribution in [0.15, 0.2) is 30.3 Å². The summed E-state index contributed by atoms with van der Waals surface area (Å²) in [6, 6.07) is 8.82. The van der Waals surface area contributed by atoms with Crippen LogP contribution in [-0.4, -0.2) is 77.7 Å². The molecule has 0 N–H and O–H groups in total. The minimum absolute atomic E-state index is 0.0780. The second kappa shape index (κ2) is 9.68. The first-order valence-corrected chi connectivity index (χ1v) is 11.0. The Morgan fingerprint density at radius 3 is 2.44 bits per heavy atom. The third kappa shape index (κ3) is 4.71. The van der Waals surface area contributed by atoms with Crippen LogP contribution in [-0.2, 0) is 25.6 Å². The largest absolute Gasteiger partial charge is 0.445 e. The topological polar surface area (TPSA) is 68.3 Å². The maximum atomic E-state index is 13.1. The molecule has 1 aromatic carbocycles. The van der Waals surface area contributed by atoms with Crippen LogP contribution in [0.2, 0.25) is 0 Å². The minimum Gasteiger partial charge on any atom is -0.445 e. The fourth-order valence-electron chi connectivity index (χ4n) is 3.14. The number of rotatable bonds is 6. The van der Waals surface area contributed by atoms with Gasteiger partial charge < -0.3 is 19.1 Å². The first kappa shape index (κ1) is 20.3. The highest BCUT2D eigenvalue weighted by molar-refractivity contribution is 7.99. The number of hydrogen-bond acceptors (Lipinski definition) is 7. The standard InChI is InChI=1S/C18H24N2O5S2/c1-23-17(24-2)15-10-27-11-19(15)16(21)14-9-26-12-20(14)18(22)25-8-13-6-4-3-5-7-13/h3-7,14-15,17H,8-12H2,1-2H3/t14-,15-/m0/s1. The predicted octanol–water partition coefficient (Wildman–Crippen LogP) is 2.22. The van der Waals surface area contributed by atoms with Gasteiger partial charge in [0.1, 0.15) is 12.6 Å². The predicted molar refractivity (Wildman–Crippen MR) is 105 cm³/mol. The number of amides is 2. The molecule has 0 radical (unpaired) electrons. The fraction of sp³-hybridized carbons (Fsp3) is 0.556. The van der Waals surface area contributed by atoms with Gasteiger partial charge in [0, 0.05) is 25.7 Å². The molecular weight excluding hydrogens is 388 g/mol. The van der Waals surface area contributed by atoms with Crippen molar-refractivity contribution in [2.24, 2.45) is 0 Å². The van der Waals surface area contributed by atoms with Gasteiger partial charge in [-0.1, -0.05) is 30.3 Å². The van der Waals surface area contributed by atoms with E-state index in [1.54, 1.807) is 42.6 Å². The van der Waals surface area contributed by atoms with E-state index in [1.807, 2.05) is 30.3 Å². The summed E-state index contributed by atoms with van der Waals surface area (Å²) in [5.74, 6) is 2.26. The number of methoxy groups -OCH3 is 2. The van der Waals surface area contributed by atoms with E-state index in [0.29, 0.717) is 17.5 Å². The monoisotopic (exact) mass is 412 g/mol. The third-order valence-corrected chi connectivity index (χ3v) is 6.64. The highest BCUT2D eigenvalue weighted by atomic mass is 32.2. The summed E-state index contributed by atoms with van der Waals surface area (Å²) < 4.78 is 16.1. The molecule has 148 valence electrons. The van der Waals surface area contributed by atoms with Crippen LogP contribution in [0.1, 0.15) is 5.56 Å². The molecular formula is C18H24N2O5S2. The Labute approximate surface area is 167 Å². The zero-order chi connectivity index (χ0) is 19.2. The lowest BCUT2D eigenvalue weighted by Gasteiger charge is -2.32. The smallest absolute Gasteiger partial charge is 0.411 e. The molecule has 27 heavy (non-hydrogen) atoms. The summed E-state index contributed by atoms with van der Waals surface area (Å²) in [6.07, 6.45) is -0.933. The summed E-state index contributed by atoms with van der Waals surface area (Å²) in [5, 5.41) is 0. The molecule has 0 saturated carbocycles. The zero-order valence-corrected chi connectivity index (χ0v) is 17.0. The van der Waals surface area contributed by atoms with Crippen molar-refractivity contribution in [3.05, 3.63) is 35.9 Å². The second-order valence-electron chi connectivity index (χ2n) is 6.24. The zero-order valence-electron chi connectivity index (χ0n) is 15.4. The van der Waals surface area contributed by atoms with Gasteiger partial charge in [-0.05, 0) is 5.56 Å². The highest BCUT2D eigenvalue weighted by Crippen LogP contribution is 2.30. The number of ether oxygens (including phenoxy) is 3. The maximum Gasteiger partial charge on any atom is 0.411 e. The van der Waals surface area contributed by atoms with Crippen LogP contribution in [0.5, 0.6) is 0 Å². The van der Waals surface area contributed by atoms with E-state index in [-0.39, 0.29) is 18.6 Å². The van der Waals surface area contributed by atoms with Crippen LogP contribution < -0.4 is 0 Å². The van der Waals surface area contributed by atoms with Crippen LogP contribution in [0.3, 0.4) is 0 Å². The van der Waals surface area contributed by atoms with E-state index in [4.69, 9.17) is 14.2 Å². The number of carbonyl (C=O) groups is 2. The van der Waals surface area contributed by atoms with E-state index in [9.17, 15) is 9.59 Å². The lowest BCUT2D eigenvalue weighted by molar-refractivity contribution is -0.158. The van der Waals surface area contributed by atoms with Crippen molar-refractivity contribution in [3.8, 4) is 0 Å². The van der Waals surface area contributed by atoms with E-state index < -0.39 is 18.4 Å². The van der Waals surface area contributed by atoms with Crippen molar-refractivity contribution in [2.45, 2.75) is 25.0 Å². The highest BCUT2D eigenvalue weighted by Gasteiger charge is 2.43. The van der Waals surface area contributed by atoms with Gasteiger partial charge in [-0.25, -0.2) is 4.79 Å². The second-order valence-corrected chi connectivity index (χ2v) is 8.24. The molecule has 2 fully saturated rings. The molecule has 3 rings (SSSR count). The number of thioether (sulfide) groups is 2. The van der Waals surface area contributed by atoms with Gasteiger partial charge in [-0.3, -0.25) is 9.69 Å². The number of nitrogens with zero attached hydrogens (tertiary/aromatic N) is 2. The molecule has 1 aromatic rings. The first-order valence-electron chi connectivity index (χ1n) is 8.64. The molecule has 0 aromatic heterocycles. The van der Waals surface area contributed by atoms with E-state index in [0.717, 1.165) is 11.3 Å². The third-order valence-electron chi connectivity index (χ3n) is 4.59. The van der Waals surface area contributed by atoms with E-state index in [1.165, 1.54) is 4.90 Å². The average Bonchev–Trinajstić information content (AvgIpc) is 3.37. The van der Waals surface area contributed by atoms with Crippen molar-refractivity contribution in [3.63, 3.8) is 0 Å². The normalized spacial score (nSPS) is 22.5. The SMILES string of the molecule is COC(OC)[C@@H]1CSCN1C(=O)[C@@H]1CSCN1C(=O)OCc1ccccc1. The molecule has 9 heteroatoms. The van der Waals surface area contributed by atoms with Crippen LogP contribution in [0.4, 0.5) is 4.79 Å². The minimum atomic E-state index is -0.520. The fourth-order valence-corrected chi connectivity index (χ4v) is 5.47. The summed E-state index contributed by atoms with van der Waals surface area (Å²) in [7, 11) is 3.14. The molecule has 7 nitrogen and oxygen atoms in total. The van der Waals surface area contributed by atoms with Gasteiger partial charge in [0.05, 0.1) is 17.8 Å². The quantitative estimate of drug-likeness (QED) is 0.664. The molecule has 2 amide bonds. The molecule has 2 aliphatic heterocycles. The van der Waals surface area contributed by atoms with Crippen molar-refractivity contribution in [2.75, 3.05) is 37.5 Å². The van der Waals surface area contributed by atoms with Gasteiger partial charge in [0.15, 0.2) is 6.29 Å². The van der Waals surface area contributed by atoms with Gasteiger partial charge in [0.2, 0.25) is 5.91 Å². The molecule has 2 aliphatic rings. The lowest BCUT2D eigenvalue weighted by atomic mass is 10.2. The van der Waals surface area contributed by atoms with E-state index in [2.05, 4.69) is 0 Å². The Hall–Kier alpha value is -1.42. The Balaban J connectivity index is 1.62. The van der Waals surface area contributed by atoms with Crippen molar-refractivity contribution in [1.82, 2.24) is 9.80 Å². The van der Waals surface area contributed by atoms with Crippen molar-refractivity contribution in [1.29, 1.82) is 0 Å². The Morgan fingerprint density at radius 2 is 1.74 bits per heavy atom. The molecule has 2 heterocycles. The first-order chi connectivity index (χ1) is 13.2. The summed E-state index contributed by atoms with van der Waals surface area (Å²) >= 11 is 3.21. The average molecular weight is 413 g/mol. The molecule has 2 atom stereocenters.